The summed E-state index contributed by atoms with van der Waals surface area (Å²) in [6.45, 7) is 11.3. The molecule has 21 heavy (non-hydrogen) atoms. The monoisotopic (exact) mass is 288 g/mol. The van der Waals surface area contributed by atoms with Crippen LogP contribution >= 0.6 is 0 Å². The maximum Gasteiger partial charge on any atom is 0.0367 e. The Hall–Kier alpha value is -1.18. The van der Waals surface area contributed by atoms with E-state index in [1.54, 1.807) is 0 Å². The second-order valence-corrected chi connectivity index (χ2v) is 6.73. The normalized spacial score (nSPS) is 22.3. The summed E-state index contributed by atoms with van der Waals surface area (Å²) in [5.41, 5.74) is 2.61. The van der Waals surface area contributed by atoms with Crippen LogP contribution in [0.3, 0.4) is 0 Å². The van der Waals surface area contributed by atoms with Gasteiger partial charge in [-0.05, 0) is 62.8 Å². The molecule has 0 spiro atoms. The van der Waals surface area contributed by atoms with Gasteiger partial charge in [-0.2, -0.15) is 0 Å². The van der Waals surface area contributed by atoms with E-state index in [9.17, 15) is 0 Å². The maximum atomic E-state index is 3.75. The Morgan fingerprint density at radius 3 is 2.33 bits per heavy atom. The van der Waals surface area contributed by atoms with E-state index in [1.807, 2.05) is 0 Å². The topological polar surface area (TPSA) is 15.3 Å². The quantitative estimate of drug-likeness (QED) is 0.778. The van der Waals surface area contributed by atoms with Gasteiger partial charge in [-0.25, -0.2) is 0 Å². The molecule has 118 valence electrons. The second-order valence-electron chi connectivity index (χ2n) is 6.73. The first-order valence-corrected chi connectivity index (χ1v) is 8.75. The third kappa shape index (κ3) is 4.39. The van der Waals surface area contributed by atoms with Crippen LogP contribution in [0.25, 0.3) is 0 Å². The lowest BCUT2D eigenvalue weighted by atomic mass is 9.79. The summed E-state index contributed by atoms with van der Waals surface area (Å²) in [6.07, 6.45) is 5.44. The number of nitrogens with zero attached hydrogens (tertiary/aromatic N) is 1. The Labute approximate surface area is 130 Å². The molecule has 1 fully saturated rings. The number of benzene rings is 1. The van der Waals surface area contributed by atoms with E-state index in [0.717, 1.165) is 24.9 Å². The van der Waals surface area contributed by atoms with Crippen molar-refractivity contribution in [2.24, 2.45) is 11.8 Å². The van der Waals surface area contributed by atoms with E-state index in [2.05, 4.69) is 62.2 Å². The Morgan fingerprint density at radius 2 is 1.76 bits per heavy atom. The summed E-state index contributed by atoms with van der Waals surface area (Å²) in [6, 6.07) is 9.64. The average molecular weight is 288 g/mol. The highest BCUT2D eigenvalue weighted by Crippen LogP contribution is 2.31. The molecule has 2 heteroatoms. The average Bonchev–Trinajstić information content (AvgIpc) is 2.50. The second kappa shape index (κ2) is 7.72. The molecule has 2 rings (SSSR count). The van der Waals surface area contributed by atoms with Crippen molar-refractivity contribution >= 4 is 11.4 Å². The fraction of sp³-hybridized carbons (Fsp3) is 0.684. The van der Waals surface area contributed by atoms with Crippen molar-refractivity contribution in [1.29, 1.82) is 0 Å². The van der Waals surface area contributed by atoms with Gasteiger partial charge in [-0.1, -0.05) is 26.7 Å². The molecule has 2 unspecified atom stereocenters. The smallest absolute Gasteiger partial charge is 0.0367 e. The lowest BCUT2D eigenvalue weighted by Crippen LogP contribution is -2.29. The molecule has 1 aromatic rings. The van der Waals surface area contributed by atoms with E-state index < -0.39 is 0 Å². The first-order valence-electron chi connectivity index (χ1n) is 8.75. The summed E-state index contributed by atoms with van der Waals surface area (Å²) in [4.78, 5) is 2.39. The van der Waals surface area contributed by atoms with Crippen molar-refractivity contribution in [1.82, 2.24) is 0 Å². The molecular formula is C19H32N2. The summed E-state index contributed by atoms with van der Waals surface area (Å²) < 4.78 is 0. The van der Waals surface area contributed by atoms with Crippen LogP contribution in [0.15, 0.2) is 24.3 Å². The van der Waals surface area contributed by atoms with Gasteiger partial charge in [0.1, 0.15) is 0 Å². The zero-order valence-corrected chi connectivity index (χ0v) is 14.2. The van der Waals surface area contributed by atoms with Crippen molar-refractivity contribution in [2.75, 3.05) is 23.3 Å². The number of nitrogens with one attached hydrogen (secondary N) is 1. The molecule has 0 radical (unpaired) electrons. The van der Waals surface area contributed by atoms with Crippen LogP contribution in [0, 0.1) is 11.8 Å². The summed E-state index contributed by atoms with van der Waals surface area (Å²) in [7, 11) is 0. The highest BCUT2D eigenvalue weighted by molar-refractivity contribution is 5.55. The minimum atomic E-state index is 0.658. The third-order valence-electron chi connectivity index (χ3n) is 5.02. The molecule has 0 bridgehead atoms. The van der Waals surface area contributed by atoms with Crippen molar-refractivity contribution in [3.63, 3.8) is 0 Å². The van der Waals surface area contributed by atoms with Gasteiger partial charge in [0.15, 0.2) is 0 Å². The molecular weight excluding hydrogens is 256 g/mol. The van der Waals surface area contributed by atoms with E-state index in [4.69, 9.17) is 0 Å². The highest BCUT2D eigenvalue weighted by Gasteiger charge is 2.23. The Bertz CT molecular complexity index is 406. The first-order chi connectivity index (χ1) is 10.1. The Balaban J connectivity index is 1.94. The van der Waals surface area contributed by atoms with Gasteiger partial charge in [0.25, 0.3) is 0 Å². The van der Waals surface area contributed by atoms with Gasteiger partial charge in [-0.3, -0.25) is 0 Å². The van der Waals surface area contributed by atoms with Crippen LogP contribution in [-0.4, -0.2) is 19.1 Å². The highest BCUT2D eigenvalue weighted by atomic mass is 15.1. The van der Waals surface area contributed by atoms with E-state index >= 15 is 0 Å². The van der Waals surface area contributed by atoms with Crippen LogP contribution in [0.1, 0.15) is 53.4 Å². The van der Waals surface area contributed by atoms with Crippen LogP contribution in [0.4, 0.5) is 11.4 Å². The number of rotatable bonds is 6. The molecule has 0 aromatic heterocycles. The van der Waals surface area contributed by atoms with Gasteiger partial charge in [0.05, 0.1) is 0 Å². The number of hydrogen-bond acceptors (Lipinski definition) is 2. The fourth-order valence-electron chi connectivity index (χ4n) is 3.56. The molecule has 1 saturated carbocycles. The van der Waals surface area contributed by atoms with Crippen molar-refractivity contribution in [3.8, 4) is 0 Å². The first kappa shape index (κ1) is 16.2. The van der Waals surface area contributed by atoms with Crippen LogP contribution in [0.5, 0.6) is 0 Å². The zero-order valence-electron chi connectivity index (χ0n) is 14.2. The van der Waals surface area contributed by atoms with Crippen molar-refractivity contribution < 1.29 is 0 Å². The lowest BCUT2D eigenvalue weighted by molar-refractivity contribution is 0.264. The van der Waals surface area contributed by atoms with Crippen molar-refractivity contribution in [2.45, 2.75) is 59.4 Å². The van der Waals surface area contributed by atoms with E-state index in [0.29, 0.717) is 6.04 Å². The van der Waals surface area contributed by atoms with Gasteiger partial charge < -0.3 is 10.2 Å². The standard InChI is InChI=1S/C19H32N2/c1-5-21(6-2)19-12-10-17(11-13-19)20-18-9-7-8-16(14-18)15(3)4/h10-13,15-16,18,20H,5-9,14H2,1-4H3. The fourth-order valence-corrected chi connectivity index (χ4v) is 3.56. The Morgan fingerprint density at radius 1 is 1.10 bits per heavy atom. The molecule has 1 aliphatic rings. The van der Waals surface area contributed by atoms with Crippen LogP contribution in [-0.2, 0) is 0 Å². The largest absolute Gasteiger partial charge is 0.382 e. The third-order valence-corrected chi connectivity index (χ3v) is 5.02. The van der Waals surface area contributed by atoms with E-state index in [-0.39, 0.29) is 0 Å². The summed E-state index contributed by atoms with van der Waals surface area (Å²) in [5.74, 6) is 1.71. The Kier molecular flexibility index (Phi) is 5.96. The SMILES string of the molecule is CCN(CC)c1ccc(NC2CCCC(C(C)C)C2)cc1. The molecule has 0 amide bonds. The van der Waals surface area contributed by atoms with E-state index in [1.165, 1.54) is 37.1 Å². The minimum absolute atomic E-state index is 0.658. The molecule has 2 atom stereocenters. The molecule has 0 aliphatic heterocycles. The van der Waals surface area contributed by atoms with Crippen molar-refractivity contribution in [3.05, 3.63) is 24.3 Å². The maximum absolute atomic E-state index is 3.75. The summed E-state index contributed by atoms with van der Waals surface area (Å²) in [5, 5.41) is 3.75. The number of anilines is 2. The predicted molar refractivity (Wildman–Crippen MR) is 94.2 cm³/mol. The molecule has 0 saturated heterocycles. The number of hydrogen-bond donors (Lipinski definition) is 1. The molecule has 0 heterocycles. The minimum Gasteiger partial charge on any atom is -0.382 e. The van der Waals surface area contributed by atoms with Crippen LogP contribution in [0.2, 0.25) is 0 Å². The predicted octanol–water partition coefficient (Wildman–Crippen LogP) is 5.16. The zero-order chi connectivity index (χ0) is 15.2. The molecule has 2 nitrogen and oxygen atoms in total. The van der Waals surface area contributed by atoms with Gasteiger partial charge in [-0.15, -0.1) is 0 Å². The van der Waals surface area contributed by atoms with Crippen LogP contribution < -0.4 is 10.2 Å². The lowest BCUT2D eigenvalue weighted by Gasteiger charge is -2.32. The molecule has 1 aliphatic carbocycles. The van der Waals surface area contributed by atoms with Gasteiger partial charge in [0, 0.05) is 30.5 Å². The van der Waals surface area contributed by atoms with Gasteiger partial charge in [0.2, 0.25) is 0 Å². The molecule has 1 N–H and O–H groups in total. The van der Waals surface area contributed by atoms with Gasteiger partial charge >= 0.3 is 0 Å². The summed E-state index contributed by atoms with van der Waals surface area (Å²) >= 11 is 0. The molecule has 1 aromatic carbocycles.